The highest BCUT2D eigenvalue weighted by atomic mass is 16.5. The normalized spacial score (nSPS) is 10.9. The minimum Gasteiger partial charge on any atom is -0.422 e. The molecule has 7 heteroatoms. The van der Waals surface area contributed by atoms with Crippen LogP contribution in [0.5, 0.6) is 5.75 Å². The predicted molar refractivity (Wildman–Crippen MR) is 123 cm³/mol. The molecule has 0 aliphatic rings. The van der Waals surface area contributed by atoms with Gasteiger partial charge in [-0.25, -0.2) is 10.2 Å². The summed E-state index contributed by atoms with van der Waals surface area (Å²) in [5.41, 5.74) is 6.12. The third kappa shape index (κ3) is 5.66. The average molecular weight is 429 g/mol. The summed E-state index contributed by atoms with van der Waals surface area (Å²) in [6.45, 7) is 5.51. The zero-order valence-corrected chi connectivity index (χ0v) is 18.0. The number of esters is 1. The maximum absolute atomic E-state index is 12.4. The Hall–Kier alpha value is -4.26. The van der Waals surface area contributed by atoms with E-state index in [4.69, 9.17) is 4.74 Å². The molecule has 2 N–H and O–H groups in total. The Morgan fingerprint density at radius 3 is 2.22 bits per heavy atom. The lowest BCUT2D eigenvalue weighted by Gasteiger charge is -2.10. The van der Waals surface area contributed by atoms with Gasteiger partial charge in [0.15, 0.2) is 0 Å². The second kappa shape index (κ2) is 10.2. The van der Waals surface area contributed by atoms with E-state index in [2.05, 4.69) is 15.8 Å². The topological polar surface area (TPSA) is 96.9 Å². The Kier molecular flexibility index (Phi) is 7.13. The summed E-state index contributed by atoms with van der Waals surface area (Å²) in [6, 6.07) is 20.8. The first-order valence-electron chi connectivity index (χ1n) is 9.94. The number of aryl methyl sites for hydroxylation is 2. The van der Waals surface area contributed by atoms with Crippen molar-refractivity contribution in [2.45, 2.75) is 20.8 Å². The van der Waals surface area contributed by atoms with Crippen LogP contribution < -0.4 is 15.5 Å². The predicted octanol–water partition coefficient (Wildman–Crippen LogP) is 4.00. The minimum absolute atomic E-state index is 0.288. The average Bonchev–Trinajstić information content (AvgIpc) is 2.80. The summed E-state index contributed by atoms with van der Waals surface area (Å²) in [7, 11) is 0. The van der Waals surface area contributed by atoms with Crippen molar-refractivity contribution in [2.24, 2.45) is 5.10 Å². The lowest BCUT2D eigenvalue weighted by Crippen LogP contribution is -2.33. The number of amides is 2. The summed E-state index contributed by atoms with van der Waals surface area (Å²) < 4.78 is 5.50. The molecular weight excluding hydrogens is 406 g/mol. The molecule has 0 heterocycles. The summed E-state index contributed by atoms with van der Waals surface area (Å²) in [5, 5.41) is 6.53. The van der Waals surface area contributed by atoms with E-state index in [0.717, 1.165) is 11.1 Å². The summed E-state index contributed by atoms with van der Waals surface area (Å²) >= 11 is 0. The highest BCUT2D eigenvalue weighted by molar-refractivity contribution is 6.39. The van der Waals surface area contributed by atoms with Crippen molar-refractivity contribution in [3.05, 3.63) is 95.1 Å². The lowest BCUT2D eigenvalue weighted by molar-refractivity contribution is -0.136. The number of hydrogen-bond donors (Lipinski definition) is 2. The number of ether oxygens (including phenoxy) is 1. The van der Waals surface area contributed by atoms with Gasteiger partial charge in [0.25, 0.3) is 0 Å². The number of benzene rings is 3. The molecule has 32 heavy (non-hydrogen) atoms. The van der Waals surface area contributed by atoms with Gasteiger partial charge in [0, 0.05) is 11.3 Å². The van der Waals surface area contributed by atoms with Gasteiger partial charge in [0.2, 0.25) is 0 Å². The van der Waals surface area contributed by atoms with Crippen LogP contribution in [-0.2, 0) is 9.59 Å². The maximum Gasteiger partial charge on any atom is 0.343 e. The Bertz CT molecular complexity index is 1190. The molecular formula is C25H23N3O4. The monoisotopic (exact) mass is 429 g/mol. The van der Waals surface area contributed by atoms with E-state index in [-0.39, 0.29) is 5.75 Å². The number of para-hydroxylation sites is 1. The second-order valence-corrected chi connectivity index (χ2v) is 7.14. The smallest absolute Gasteiger partial charge is 0.343 e. The van der Waals surface area contributed by atoms with Crippen LogP contribution in [0.3, 0.4) is 0 Å². The molecule has 3 aromatic carbocycles. The van der Waals surface area contributed by atoms with Crippen molar-refractivity contribution < 1.29 is 19.1 Å². The fourth-order valence-corrected chi connectivity index (χ4v) is 2.84. The van der Waals surface area contributed by atoms with Crippen LogP contribution in [0.4, 0.5) is 5.69 Å². The van der Waals surface area contributed by atoms with E-state index in [1.54, 1.807) is 73.7 Å². The van der Waals surface area contributed by atoms with Crippen LogP contribution in [0.15, 0.2) is 77.9 Å². The molecule has 0 aliphatic heterocycles. The molecule has 0 spiro atoms. The van der Waals surface area contributed by atoms with E-state index >= 15 is 0 Å². The van der Waals surface area contributed by atoms with Crippen LogP contribution in [0.2, 0.25) is 0 Å². The molecule has 0 atom stereocenters. The molecule has 0 saturated carbocycles. The number of hydrazone groups is 1. The molecule has 7 nitrogen and oxygen atoms in total. The first kappa shape index (κ1) is 22.4. The Labute approximate surface area is 186 Å². The highest BCUT2D eigenvalue weighted by Gasteiger charge is 2.16. The van der Waals surface area contributed by atoms with Gasteiger partial charge in [0.1, 0.15) is 5.75 Å². The van der Waals surface area contributed by atoms with Gasteiger partial charge in [-0.05, 0) is 68.3 Å². The number of carbonyl (C=O) groups excluding carboxylic acids is 3. The van der Waals surface area contributed by atoms with Crippen molar-refractivity contribution in [1.82, 2.24) is 5.43 Å². The minimum atomic E-state index is -0.915. The zero-order chi connectivity index (χ0) is 23.1. The van der Waals surface area contributed by atoms with Crippen molar-refractivity contribution >= 4 is 29.2 Å². The molecule has 0 radical (unpaired) electrons. The van der Waals surface area contributed by atoms with E-state index in [0.29, 0.717) is 22.5 Å². The SMILES string of the molecule is C/C(=N\NC(=O)C(=O)Nc1ccc(C)c(C)c1)c1ccccc1OC(=O)c1ccccc1. The largest absolute Gasteiger partial charge is 0.422 e. The Morgan fingerprint density at radius 2 is 1.50 bits per heavy atom. The van der Waals surface area contributed by atoms with Gasteiger partial charge >= 0.3 is 17.8 Å². The molecule has 2 amide bonds. The summed E-state index contributed by atoms with van der Waals surface area (Å²) in [6.07, 6.45) is 0. The van der Waals surface area contributed by atoms with Gasteiger partial charge in [-0.1, -0.05) is 36.4 Å². The number of hydrogen-bond acceptors (Lipinski definition) is 5. The van der Waals surface area contributed by atoms with Crippen molar-refractivity contribution in [3.63, 3.8) is 0 Å². The highest BCUT2D eigenvalue weighted by Crippen LogP contribution is 2.20. The van der Waals surface area contributed by atoms with Crippen LogP contribution in [0.1, 0.15) is 34.0 Å². The number of carbonyl (C=O) groups is 3. The lowest BCUT2D eigenvalue weighted by atomic mass is 10.1. The fourth-order valence-electron chi connectivity index (χ4n) is 2.84. The Morgan fingerprint density at radius 1 is 0.812 bits per heavy atom. The van der Waals surface area contributed by atoms with Gasteiger partial charge in [0.05, 0.1) is 11.3 Å². The van der Waals surface area contributed by atoms with Crippen LogP contribution in [0.25, 0.3) is 0 Å². The van der Waals surface area contributed by atoms with Gasteiger partial charge < -0.3 is 10.1 Å². The number of nitrogens with zero attached hydrogens (tertiary/aromatic N) is 1. The maximum atomic E-state index is 12.4. The van der Waals surface area contributed by atoms with Crippen molar-refractivity contribution in [2.75, 3.05) is 5.32 Å². The molecule has 162 valence electrons. The number of rotatable bonds is 5. The molecule has 0 aliphatic carbocycles. The van der Waals surface area contributed by atoms with E-state index in [1.807, 2.05) is 19.9 Å². The molecule has 3 rings (SSSR count). The van der Waals surface area contributed by atoms with Gasteiger partial charge in [-0.2, -0.15) is 5.10 Å². The summed E-state index contributed by atoms with van der Waals surface area (Å²) in [5.74, 6) is -1.98. The van der Waals surface area contributed by atoms with Crippen molar-refractivity contribution in [3.8, 4) is 5.75 Å². The first-order valence-corrected chi connectivity index (χ1v) is 9.94. The molecule has 0 saturated heterocycles. The zero-order valence-electron chi connectivity index (χ0n) is 18.0. The first-order chi connectivity index (χ1) is 15.3. The number of anilines is 1. The van der Waals surface area contributed by atoms with Crippen molar-refractivity contribution in [1.29, 1.82) is 0 Å². The number of nitrogens with one attached hydrogen (secondary N) is 2. The third-order valence-electron chi connectivity index (χ3n) is 4.79. The van der Waals surface area contributed by atoms with Crippen LogP contribution in [-0.4, -0.2) is 23.5 Å². The van der Waals surface area contributed by atoms with Gasteiger partial charge in [-0.15, -0.1) is 0 Å². The van der Waals surface area contributed by atoms with Crippen LogP contribution in [0, 0.1) is 13.8 Å². The van der Waals surface area contributed by atoms with E-state index in [9.17, 15) is 14.4 Å². The quantitative estimate of drug-likeness (QED) is 0.211. The van der Waals surface area contributed by atoms with Gasteiger partial charge in [-0.3, -0.25) is 9.59 Å². The third-order valence-corrected chi connectivity index (χ3v) is 4.79. The molecule has 0 fully saturated rings. The molecule has 0 aromatic heterocycles. The second-order valence-electron chi connectivity index (χ2n) is 7.14. The van der Waals surface area contributed by atoms with E-state index in [1.165, 1.54) is 0 Å². The molecule has 3 aromatic rings. The fraction of sp³-hybridized carbons (Fsp3) is 0.120. The van der Waals surface area contributed by atoms with Crippen LogP contribution >= 0.6 is 0 Å². The molecule has 0 bridgehead atoms. The Balaban J connectivity index is 1.68. The standard InChI is InChI=1S/C25H23N3O4/c1-16-13-14-20(15-17(16)2)26-23(29)24(30)28-27-18(3)21-11-7-8-12-22(21)32-25(31)19-9-5-4-6-10-19/h4-15H,1-3H3,(H,26,29)(H,28,30)/b27-18+. The molecule has 0 unspecified atom stereocenters. The summed E-state index contributed by atoms with van der Waals surface area (Å²) in [4.78, 5) is 36.7. The van der Waals surface area contributed by atoms with E-state index < -0.39 is 17.8 Å².